The Morgan fingerprint density at radius 3 is 1.98 bits per heavy atom. The highest BCUT2D eigenvalue weighted by atomic mass is 32.2. The van der Waals surface area contributed by atoms with Crippen LogP contribution in [-0.4, -0.2) is 104 Å². The number of carbonyl (C=O) groups excluding carboxylic acids is 4. The quantitative estimate of drug-likeness (QED) is 0.126. The molecule has 3 aliphatic rings. The molecule has 1 saturated heterocycles. The number of guanidine groups is 1. The van der Waals surface area contributed by atoms with Gasteiger partial charge < -0.3 is 25.3 Å². The monoisotopic (exact) mass is 594 g/mol. The van der Waals surface area contributed by atoms with E-state index in [2.05, 4.69) is 10.3 Å². The third-order valence-corrected chi connectivity index (χ3v) is 8.84. The van der Waals surface area contributed by atoms with E-state index in [0.29, 0.717) is 94.4 Å². The normalized spacial score (nSPS) is 21.4. The highest BCUT2D eigenvalue weighted by Gasteiger charge is 2.40. The van der Waals surface area contributed by atoms with E-state index >= 15 is 0 Å². The van der Waals surface area contributed by atoms with E-state index in [1.807, 2.05) is 11.8 Å². The van der Waals surface area contributed by atoms with Crippen molar-refractivity contribution in [3.8, 4) is 0 Å². The molecule has 3 heterocycles. The zero-order valence-corrected chi connectivity index (χ0v) is 24.9. The molecule has 0 aromatic carbocycles. The number of ketones is 2. The second-order valence-electron chi connectivity index (χ2n) is 10.6. The van der Waals surface area contributed by atoms with Gasteiger partial charge in [0.2, 0.25) is 0 Å². The molecule has 2 amide bonds. The summed E-state index contributed by atoms with van der Waals surface area (Å²) in [4.78, 5) is 52.6. The molecule has 230 valence electrons. The second-order valence-corrected chi connectivity index (χ2v) is 11.9. The summed E-state index contributed by atoms with van der Waals surface area (Å²) in [6.07, 6.45) is 10.7. The minimum Gasteiger partial charge on any atom is -0.379 e. The Bertz CT molecular complexity index is 911. The van der Waals surface area contributed by atoms with Crippen molar-refractivity contribution in [2.45, 2.75) is 88.0 Å². The molecular formula is C29H46N4O7S. The fourth-order valence-corrected chi connectivity index (χ4v) is 6.54. The lowest BCUT2D eigenvalue weighted by Crippen LogP contribution is -2.38. The van der Waals surface area contributed by atoms with E-state index in [1.54, 1.807) is 0 Å². The summed E-state index contributed by atoms with van der Waals surface area (Å²) in [5, 5.41) is 3.75. The molecule has 0 spiro atoms. The molecule has 0 bridgehead atoms. The van der Waals surface area contributed by atoms with Crippen LogP contribution in [0.15, 0.2) is 17.1 Å². The van der Waals surface area contributed by atoms with Crippen molar-refractivity contribution in [1.82, 2.24) is 10.2 Å². The van der Waals surface area contributed by atoms with Gasteiger partial charge in [-0.2, -0.15) is 11.8 Å². The van der Waals surface area contributed by atoms with Crippen molar-refractivity contribution in [1.29, 1.82) is 0 Å². The minimum atomic E-state index is -0.354. The molecule has 3 atom stereocenters. The summed E-state index contributed by atoms with van der Waals surface area (Å²) in [5.41, 5.74) is 5.78. The summed E-state index contributed by atoms with van der Waals surface area (Å²) in [7, 11) is 0. The van der Waals surface area contributed by atoms with Gasteiger partial charge in [-0.3, -0.25) is 24.1 Å². The number of hydrogen-bond donors (Lipinski definition) is 2. The van der Waals surface area contributed by atoms with Crippen LogP contribution < -0.4 is 11.1 Å². The summed E-state index contributed by atoms with van der Waals surface area (Å²) >= 11 is 1.97. The number of amides is 2. The van der Waals surface area contributed by atoms with Gasteiger partial charge in [0.15, 0.2) is 5.96 Å². The van der Waals surface area contributed by atoms with E-state index in [0.717, 1.165) is 49.2 Å². The predicted octanol–water partition coefficient (Wildman–Crippen LogP) is 2.16. The van der Waals surface area contributed by atoms with E-state index in [9.17, 15) is 19.2 Å². The van der Waals surface area contributed by atoms with Crippen molar-refractivity contribution in [2.24, 2.45) is 10.7 Å². The fourth-order valence-electron chi connectivity index (χ4n) is 5.03. The van der Waals surface area contributed by atoms with Crippen molar-refractivity contribution in [2.75, 3.05) is 51.9 Å². The molecule has 0 radical (unpaired) electrons. The summed E-state index contributed by atoms with van der Waals surface area (Å²) in [5.74, 6) is 1.31. The lowest BCUT2D eigenvalue weighted by molar-refractivity contribution is -0.137. The fraction of sp³-hybridized carbons (Fsp3) is 0.759. The number of Topliss-reactive ketones (excluding diaryl/α,β-unsaturated/α-hetero) is 2. The van der Waals surface area contributed by atoms with Crippen LogP contribution in [0.4, 0.5) is 0 Å². The molecular weight excluding hydrogens is 548 g/mol. The topological polar surface area (TPSA) is 150 Å². The van der Waals surface area contributed by atoms with Gasteiger partial charge in [-0.15, -0.1) is 0 Å². The van der Waals surface area contributed by atoms with Crippen LogP contribution in [-0.2, 0) is 33.4 Å². The molecule has 0 aromatic heterocycles. The maximum absolute atomic E-state index is 12.1. The summed E-state index contributed by atoms with van der Waals surface area (Å²) in [6.45, 7) is 3.34. The Morgan fingerprint density at radius 1 is 0.829 bits per heavy atom. The predicted molar refractivity (Wildman–Crippen MR) is 158 cm³/mol. The standard InChI is InChI=1S/C29H46N4O7S/c30-29-31-24-21-41-25(28(24)32-29)10-2-1-7-22(34)8-3-5-15-38-17-19-40-20-18-39-16-6-4-9-23(35)13-14-33-26(36)11-12-27(33)37/h11-12,24-25,28H,1-10,13-21H2,(H3,30,31,32). The Labute approximate surface area is 247 Å². The first-order valence-corrected chi connectivity index (χ1v) is 16.0. The van der Waals surface area contributed by atoms with Crippen LogP contribution in [0.25, 0.3) is 0 Å². The Balaban J connectivity index is 1.000. The first-order chi connectivity index (χ1) is 19.9. The average Bonchev–Trinajstić information content (AvgIpc) is 3.61. The number of ether oxygens (including phenoxy) is 3. The van der Waals surface area contributed by atoms with Gasteiger partial charge >= 0.3 is 0 Å². The number of nitrogens with one attached hydrogen (secondary N) is 1. The van der Waals surface area contributed by atoms with Crippen molar-refractivity contribution in [3.63, 3.8) is 0 Å². The lowest BCUT2D eigenvalue weighted by atomic mass is 10.0. The molecule has 3 N–H and O–H groups in total. The number of nitrogens with zero attached hydrogens (tertiary/aromatic N) is 2. The third-order valence-electron chi connectivity index (χ3n) is 7.35. The van der Waals surface area contributed by atoms with E-state index in [-0.39, 0.29) is 30.6 Å². The van der Waals surface area contributed by atoms with Gasteiger partial charge in [0.25, 0.3) is 11.8 Å². The molecule has 0 saturated carbocycles. The highest BCUT2D eigenvalue weighted by molar-refractivity contribution is 8.00. The van der Waals surface area contributed by atoms with Crippen LogP contribution in [0, 0.1) is 0 Å². The number of rotatable bonds is 24. The Morgan fingerprint density at radius 2 is 1.37 bits per heavy atom. The van der Waals surface area contributed by atoms with Crippen molar-refractivity contribution in [3.05, 3.63) is 12.2 Å². The minimum absolute atomic E-state index is 0.0412. The largest absolute Gasteiger partial charge is 0.379 e. The first-order valence-electron chi connectivity index (χ1n) is 15.0. The second kappa shape index (κ2) is 19.0. The van der Waals surface area contributed by atoms with E-state index < -0.39 is 0 Å². The molecule has 3 unspecified atom stereocenters. The van der Waals surface area contributed by atoms with Crippen LogP contribution in [0.5, 0.6) is 0 Å². The molecule has 12 heteroatoms. The summed E-state index contributed by atoms with van der Waals surface area (Å²) < 4.78 is 16.6. The number of fused-ring (bicyclic) bond motifs is 1. The van der Waals surface area contributed by atoms with Crippen LogP contribution in [0.3, 0.4) is 0 Å². The first kappa shape index (κ1) is 33.2. The Kier molecular flexibility index (Phi) is 15.4. The number of hydrogen-bond acceptors (Lipinski definition) is 11. The van der Waals surface area contributed by atoms with Crippen LogP contribution in [0.2, 0.25) is 0 Å². The molecule has 11 nitrogen and oxygen atoms in total. The average molecular weight is 595 g/mol. The maximum atomic E-state index is 12.1. The molecule has 1 fully saturated rings. The van der Waals surface area contributed by atoms with Crippen molar-refractivity contribution < 1.29 is 33.4 Å². The van der Waals surface area contributed by atoms with Gasteiger partial charge in [-0.25, -0.2) is 4.99 Å². The molecule has 3 aliphatic heterocycles. The maximum Gasteiger partial charge on any atom is 0.253 e. The number of unbranched alkanes of at least 4 members (excludes halogenated alkanes) is 3. The Hall–Kier alpha value is -2.28. The molecule has 3 rings (SSSR count). The van der Waals surface area contributed by atoms with Gasteiger partial charge in [-0.1, -0.05) is 6.42 Å². The SMILES string of the molecule is NC1=NC2C(CSC2CCCCC(=O)CCCCOCCOCCOCCCCC(=O)CCN2C(=O)C=CC2=O)N1. The highest BCUT2D eigenvalue weighted by Crippen LogP contribution is 2.35. The van der Waals surface area contributed by atoms with Crippen LogP contribution >= 0.6 is 11.8 Å². The number of carbonyl (C=O) groups is 4. The number of thioether (sulfide) groups is 1. The van der Waals surface area contributed by atoms with Gasteiger partial charge in [0, 0.05) is 68.6 Å². The molecule has 41 heavy (non-hydrogen) atoms. The van der Waals surface area contributed by atoms with Gasteiger partial charge in [0.05, 0.1) is 38.5 Å². The van der Waals surface area contributed by atoms with Gasteiger partial charge in [0.1, 0.15) is 11.6 Å². The summed E-state index contributed by atoms with van der Waals surface area (Å²) in [6, 6.07) is 0.691. The zero-order valence-electron chi connectivity index (χ0n) is 24.1. The smallest absolute Gasteiger partial charge is 0.253 e. The van der Waals surface area contributed by atoms with Gasteiger partial charge in [-0.05, 0) is 38.5 Å². The molecule has 0 aliphatic carbocycles. The number of aliphatic imine (C=N–C) groups is 1. The third kappa shape index (κ3) is 12.6. The number of imide groups is 1. The molecule has 0 aromatic rings. The van der Waals surface area contributed by atoms with E-state index in [4.69, 9.17) is 19.9 Å². The van der Waals surface area contributed by atoms with Crippen LogP contribution in [0.1, 0.15) is 70.6 Å². The van der Waals surface area contributed by atoms with Crippen molar-refractivity contribution >= 4 is 41.1 Å². The zero-order chi connectivity index (χ0) is 29.3. The lowest BCUT2D eigenvalue weighted by Gasteiger charge is -2.14. The number of nitrogens with two attached hydrogens (primary N) is 1. The van der Waals surface area contributed by atoms with E-state index in [1.165, 1.54) is 12.2 Å².